The van der Waals surface area contributed by atoms with E-state index in [-0.39, 0.29) is 87.0 Å². The predicted molar refractivity (Wildman–Crippen MR) is 238 cm³/mol. The quantitative estimate of drug-likeness (QED) is 0.135. The third kappa shape index (κ3) is 12.0. The molecule has 0 bridgehead atoms. The number of hydrogen-bond donors (Lipinski definition) is 3. The van der Waals surface area contributed by atoms with Crippen molar-refractivity contribution in [3.63, 3.8) is 0 Å². The number of aryl methyl sites for hydroxylation is 2. The molecule has 3 aromatic carbocycles. The third-order valence-corrected chi connectivity index (χ3v) is 9.59. The minimum atomic E-state index is -0.878. The predicted octanol–water partition coefficient (Wildman–Crippen LogP) is 4.49. The molecule has 0 aliphatic carbocycles. The maximum absolute atomic E-state index is 13.3. The van der Waals surface area contributed by atoms with Gasteiger partial charge in [-0.3, -0.25) is 33.1 Å². The summed E-state index contributed by atoms with van der Waals surface area (Å²) < 4.78 is 24.9. The van der Waals surface area contributed by atoms with Crippen LogP contribution in [0.1, 0.15) is 60.4 Å². The van der Waals surface area contributed by atoms with Crippen LogP contribution in [0.2, 0.25) is 10.0 Å². The molecule has 0 unspecified atom stereocenters. The summed E-state index contributed by atoms with van der Waals surface area (Å²) in [7, 11) is 1.57. The fourth-order valence-corrected chi connectivity index (χ4v) is 6.27. The molecule has 23 heteroatoms. The Morgan fingerprint density at radius 2 is 1.24 bits per heavy atom. The van der Waals surface area contributed by atoms with Crippen LogP contribution in [0.25, 0.3) is 0 Å². The number of aromatic nitrogens is 8. The Morgan fingerprint density at radius 3 is 1.72 bits per heavy atom. The van der Waals surface area contributed by atoms with E-state index in [2.05, 4.69) is 29.9 Å². The number of H-pyrrole nitrogens is 1. The first-order chi connectivity index (χ1) is 32.0. The van der Waals surface area contributed by atoms with Gasteiger partial charge in [0, 0.05) is 22.4 Å². The summed E-state index contributed by atoms with van der Waals surface area (Å²) >= 11 is 12.0. The standard InChI is InChI=1S/C26H21ClN6O5.C18H13ClN6O4/c1-15-22(38-21-8-17(10-28)7-19(27)9-21)26(35)33(14-31-15)12-18-11-30-24(23(29)34)32-25(18)37-13-16-3-5-20(36-2)6-4-16;1-9-14(29-13-3-10(5-20)2-12(19)4-13)18(28)25(8-23-9)7-11-6-22-16(15(21)26)24-17(11)27/h3-9,11,14H,12-13H2,1-2H3,(H2,29,34);2-4,6,8H,7H2,1H3,(H2,21,26)(H,22,24,27). The SMILES string of the molecule is COc1ccc(COc2nc(C(N)=O)ncc2Cn2cnc(C)c(Oc3cc(Cl)cc(C#N)c3)c2=O)cc1.Cc1ncn(Cc2cnc(C(N)=O)[nH]c2=O)c(=O)c1Oc1cc(Cl)cc(C#N)c1. The highest BCUT2D eigenvalue weighted by Gasteiger charge is 2.18. The summed E-state index contributed by atoms with van der Waals surface area (Å²) in [6.07, 6.45) is 5.12. The van der Waals surface area contributed by atoms with E-state index >= 15 is 0 Å². The van der Waals surface area contributed by atoms with Crippen LogP contribution in [0.5, 0.6) is 34.6 Å². The number of carbonyl (C=O) groups is 2. The highest BCUT2D eigenvalue weighted by Crippen LogP contribution is 2.27. The number of nitrogens with two attached hydrogens (primary N) is 2. The molecule has 5 N–H and O–H groups in total. The molecule has 338 valence electrons. The van der Waals surface area contributed by atoms with Crippen LogP contribution in [0, 0.1) is 36.5 Å². The summed E-state index contributed by atoms with van der Waals surface area (Å²) in [5.41, 5.74) is 11.3. The minimum Gasteiger partial charge on any atom is -0.497 e. The third-order valence-electron chi connectivity index (χ3n) is 9.16. The number of nitriles is 2. The second-order valence-corrected chi connectivity index (χ2v) is 14.8. The topological polar surface area (TPSA) is 312 Å². The van der Waals surface area contributed by atoms with Gasteiger partial charge in [0.2, 0.25) is 23.2 Å². The lowest BCUT2D eigenvalue weighted by Crippen LogP contribution is -2.28. The highest BCUT2D eigenvalue weighted by molar-refractivity contribution is 6.31. The van der Waals surface area contributed by atoms with Crippen LogP contribution < -0.4 is 47.1 Å². The normalized spacial score (nSPS) is 10.4. The summed E-state index contributed by atoms with van der Waals surface area (Å²) in [5.74, 6) is -1.17. The van der Waals surface area contributed by atoms with Crippen molar-refractivity contribution in [1.82, 2.24) is 39.0 Å². The van der Waals surface area contributed by atoms with Crippen LogP contribution in [-0.2, 0) is 19.7 Å². The van der Waals surface area contributed by atoms with E-state index in [1.807, 2.05) is 24.3 Å². The number of amides is 2. The molecule has 2 amide bonds. The van der Waals surface area contributed by atoms with Gasteiger partial charge in [0.25, 0.3) is 28.5 Å². The Balaban J connectivity index is 0.000000229. The van der Waals surface area contributed by atoms with E-state index < -0.39 is 28.5 Å². The smallest absolute Gasteiger partial charge is 0.296 e. The first-order valence-electron chi connectivity index (χ1n) is 19.2. The van der Waals surface area contributed by atoms with Crippen molar-refractivity contribution in [3.05, 3.63) is 178 Å². The van der Waals surface area contributed by atoms with Crippen molar-refractivity contribution in [2.24, 2.45) is 11.5 Å². The van der Waals surface area contributed by atoms with E-state index in [4.69, 9.17) is 58.9 Å². The second-order valence-electron chi connectivity index (χ2n) is 13.9. The molecule has 7 rings (SSSR count). The summed E-state index contributed by atoms with van der Waals surface area (Å²) in [6.45, 7) is 3.11. The number of nitrogens with zero attached hydrogens (tertiary/aromatic N) is 9. The maximum atomic E-state index is 13.3. The van der Waals surface area contributed by atoms with Crippen molar-refractivity contribution in [2.45, 2.75) is 33.5 Å². The zero-order chi connectivity index (χ0) is 48.4. The summed E-state index contributed by atoms with van der Waals surface area (Å²) in [6, 6.07) is 19.9. The van der Waals surface area contributed by atoms with E-state index in [1.54, 1.807) is 33.1 Å². The monoisotopic (exact) mass is 944 g/mol. The lowest BCUT2D eigenvalue weighted by Gasteiger charge is -2.14. The van der Waals surface area contributed by atoms with Crippen LogP contribution >= 0.6 is 23.2 Å². The van der Waals surface area contributed by atoms with Crippen molar-refractivity contribution in [1.29, 1.82) is 10.5 Å². The molecule has 0 aliphatic rings. The lowest BCUT2D eigenvalue weighted by molar-refractivity contribution is 0.0981. The molecule has 0 fully saturated rings. The molecular weight excluding hydrogens is 911 g/mol. The molecule has 0 spiro atoms. The number of halogens is 2. The number of methoxy groups -OCH3 is 1. The van der Waals surface area contributed by atoms with Crippen LogP contribution in [0.3, 0.4) is 0 Å². The Morgan fingerprint density at radius 1 is 0.716 bits per heavy atom. The molecule has 21 nitrogen and oxygen atoms in total. The van der Waals surface area contributed by atoms with Crippen LogP contribution in [0.15, 0.2) is 100 Å². The average Bonchev–Trinajstić information content (AvgIpc) is 3.31. The van der Waals surface area contributed by atoms with Gasteiger partial charge in [0.1, 0.15) is 23.9 Å². The molecule has 4 aromatic heterocycles. The fraction of sp³-hybridized carbons (Fsp3) is 0.136. The number of rotatable bonds is 14. The minimum absolute atomic E-state index is 0.0432. The van der Waals surface area contributed by atoms with E-state index in [0.29, 0.717) is 22.7 Å². The molecule has 0 radical (unpaired) electrons. The van der Waals surface area contributed by atoms with Gasteiger partial charge in [0.15, 0.2) is 5.82 Å². The first-order valence-corrected chi connectivity index (χ1v) is 20.0. The fourth-order valence-electron chi connectivity index (χ4n) is 5.82. The largest absolute Gasteiger partial charge is 0.497 e. The second kappa shape index (κ2) is 21.2. The zero-order valence-corrected chi connectivity index (χ0v) is 36.8. The Bertz CT molecular complexity index is 3310. The van der Waals surface area contributed by atoms with Gasteiger partial charge in [-0.2, -0.15) is 15.5 Å². The van der Waals surface area contributed by atoms with Gasteiger partial charge in [-0.1, -0.05) is 35.3 Å². The number of primary amides is 2. The van der Waals surface area contributed by atoms with E-state index in [1.165, 1.54) is 59.8 Å². The van der Waals surface area contributed by atoms with Gasteiger partial charge in [-0.15, -0.1) is 0 Å². The molecular formula is C44H34Cl2N12O9. The Hall–Kier alpha value is -8.92. The van der Waals surface area contributed by atoms with Crippen molar-refractivity contribution >= 4 is 35.0 Å². The Labute approximate surface area is 388 Å². The number of hydrogen-bond acceptors (Lipinski definition) is 16. The molecule has 0 saturated heterocycles. The zero-order valence-electron chi connectivity index (χ0n) is 35.3. The highest BCUT2D eigenvalue weighted by atomic mass is 35.5. The van der Waals surface area contributed by atoms with E-state index in [0.717, 1.165) is 16.3 Å². The first kappa shape index (κ1) is 47.6. The van der Waals surface area contributed by atoms with Gasteiger partial charge < -0.3 is 35.4 Å². The lowest BCUT2D eigenvalue weighted by atomic mass is 10.2. The van der Waals surface area contributed by atoms with Gasteiger partial charge in [-0.05, 0) is 67.9 Å². The van der Waals surface area contributed by atoms with Gasteiger partial charge in [0.05, 0.1) is 78.6 Å². The van der Waals surface area contributed by atoms with Crippen molar-refractivity contribution in [2.75, 3.05) is 7.11 Å². The van der Waals surface area contributed by atoms with Crippen molar-refractivity contribution in [3.8, 4) is 46.8 Å². The summed E-state index contributed by atoms with van der Waals surface area (Å²) in [5, 5.41) is 18.8. The van der Waals surface area contributed by atoms with E-state index in [9.17, 15) is 29.2 Å². The Kier molecular flexibility index (Phi) is 15.0. The van der Waals surface area contributed by atoms with Crippen LogP contribution in [0.4, 0.5) is 0 Å². The number of nitrogens with one attached hydrogen (secondary N) is 1. The molecule has 0 atom stereocenters. The maximum Gasteiger partial charge on any atom is 0.296 e. The van der Waals surface area contributed by atoms with Crippen LogP contribution in [-0.4, -0.2) is 58.0 Å². The van der Waals surface area contributed by atoms with Crippen molar-refractivity contribution < 1.29 is 28.5 Å². The number of ether oxygens (including phenoxy) is 4. The van der Waals surface area contributed by atoms with Gasteiger partial charge in [-0.25, -0.2) is 19.9 Å². The number of benzene rings is 3. The molecule has 0 aliphatic heterocycles. The molecule has 0 saturated carbocycles. The van der Waals surface area contributed by atoms with Gasteiger partial charge >= 0.3 is 0 Å². The number of aromatic amines is 1. The number of carbonyl (C=O) groups excluding carboxylic acids is 2. The molecule has 67 heavy (non-hydrogen) atoms. The summed E-state index contributed by atoms with van der Waals surface area (Å²) in [4.78, 5) is 83.4. The average molecular weight is 946 g/mol. The molecule has 7 aromatic rings. The molecule has 4 heterocycles.